The molecule has 0 saturated heterocycles. The predicted molar refractivity (Wildman–Crippen MR) is 62.2 cm³/mol. The van der Waals surface area contributed by atoms with E-state index < -0.39 is 0 Å². The molecule has 1 atom stereocenters. The average Bonchev–Trinajstić information content (AvgIpc) is 2.97. The van der Waals surface area contributed by atoms with Crippen LogP contribution >= 0.6 is 11.8 Å². The van der Waals surface area contributed by atoms with Crippen molar-refractivity contribution in [3.05, 3.63) is 12.0 Å². The van der Waals surface area contributed by atoms with Gasteiger partial charge in [-0.3, -0.25) is 0 Å². The van der Waals surface area contributed by atoms with E-state index in [0.29, 0.717) is 6.04 Å². The van der Waals surface area contributed by atoms with Gasteiger partial charge in [-0.25, -0.2) is 4.98 Å². The van der Waals surface area contributed by atoms with Crippen molar-refractivity contribution in [2.45, 2.75) is 38.0 Å². The minimum absolute atomic E-state index is 0.632. The van der Waals surface area contributed by atoms with Crippen LogP contribution in [0.3, 0.4) is 0 Å². The lowest BCUT2D eigenvalue weighted by Gasteiger charge is -2.15. The minimum Gasteiger partial charge on any atom is -0.440 e. The Labute approximate surface area is 95.0 Å². The number of oxazole rings is 1. The molecule has 1 aliphatic carbocycles. The van der Waals surface area contributed by atoms with Gasteiger partial charge in [-0.2, -0.15) is 0 Å². The molecule has 0 bridgehead atoms. The predicted octanol–water partition coefficient (Wildman–Crippen LogP) is 2.46. The van der Waals surface area contributed by atoms with Gasteiger partial charge in [0.05, 0.1) is 5.69 Å². The Bertz CT molecular complexity index is 309. The summed E-state index contributed by atoms with van der Waals surface area (Å²) in [5.41, 5.74) is 0.962. The molecule has 2 rings (SSSR count). The summed E-state index contributed by atoms with van der Waals surface area (Å²) in [5.74, 6) is 1.95. The highest BCUT2D eigenvalue weighted by Gasteiger charge is 2.30. The molecule has 84 valence electrons. The zero-order valence-electron chi connectivity index (χ0n) is 9.32. The molecule has 0 amide bonds. The molecule has 0 radical (unpaired) electrons. The zero-order chi connectivity index (χ0) is 10.7. The molecule has 1 aromatic heterocycles. The molecule has 1 unspecified atom stereocenters. The summed E-state index contributed by atoms with van der Waals surface area (Å²) in [7, 11) is 0. The summed E-state index contributed by atoms with van der Waals surface area (Å²) in [6.45, 7) is 5.16. The van der Waals surface area contributed by atoms with E-state index in [1.54, 1.807) is 18.0 Å². The third-order valence-electron chi connectivity index (χ3n) is 2.64. The number of aryl methyl sites for hydroxylation is 1. The van der Waals surface area contributed by atoms with Crippen molar-refractivity contribution in [1.29, 1.82) is 0 Å². The Kier molecular flexibility index (Phi) is 3.70. The van der Waals surface area contributed by atoms with Crippen LogP contribution in [0.5, 0.6) is 0 Å². The summed E-state index contributed by atoms with van der Waals surface area (Å²) in [6, 6.07) is 0.632. The van der Waals surface area contributed by atoms with Crippen LogP contribution in [-0.2, 0) is 0 Å². The first kappa shape index (κ1) is 11.0. The third-order valence-corrected chi connectivity index (χ3v) is 3.60. The monoisotopic (exact) mass is 226 g/mol. The second kappa shape index (κ2) is 5.03. The van der Waals surface area contributed by atoms with E-state index in [9.17, 15) is 0 Å². The Hall–Kier alpha value is -0.480. The van der Waals surface area contributed by atoms with Crippen LogP contribution in [0.2, 0.25) is 0 Å². The first-order chi connectivity index (χ1) is 7.29. The molecule has 15 heavy (non-hydrogen) atoms. The van der Waals surface area contributed by atoms with Crippen molar-refractivity contribution < 1.29 is 4.42 Å². The van der Waals surface area contributed by atoms with Crippen LogP contribution in [0.4, 0.5) is 0 Å². The van der Waals surface area contributed by atoms with Crippen LogP contribution in [0.1, 0.15) is 25.5 Å². The van der Waals surface area contributed by atoms with Crippen LogP contribution in [0, 0.1) is 12.8 Å². The van der Waals surface area contributed by atoms with Gasteiger partial charge in [0.2, 0.25) is 0 Å². The van der Waals surface area contributed by atoms with Crippen molar-refractivity contribution in [1.82, 2.24) is 10.3 Å². The molecule has 1 aliphatic rings. The van der Waals surface area contributed by atoms with Gasteiger partial charge in [0.1, 0.15) is 6.26 Å². The SMILES string of the molecule is CCNC(CSc1nc(C)co1)C1CC1. The fraction of sp³-hybridized carbons (Fsp3) is 0.727. The maximum absolute atomic E-state index is 5.32. The topological polar surface area (TPSA) is 38.1 Å². The highest BCUT2D eigenvalue weighted by molar-refractivity contribution is 7.99. The second-order valence-electron chi connectivity index (χ2n) is 4.07. The maximum Gasteiger partial charge on any atom is 0.255 e. The Morgan fingerprint density at radius 1 is 1.67 bits per heavy atom. The van der Waals surface area contributed by atoms with Crippen LogP contribution < -0.4 is 5.32 Å². The number of nitrogens with one attached hydrogen (secondary N) is 1. The number of hydrogen-bond donors (Lipinski definition) is 1. The van der Waals surface area contributed by atoms with E-state index in [-0.39, 0.29) is 0 Å². The van der Waals surface area contributed by atoms with Gasteiger partial charge in [0.25, 0.3) is 5.22 Å². The van der Waals surface area contributed by atoms with Crippen molar-refractivity contribution >= 4 is 11.8 Å². The molecule has 4 heteroatoms. The highest BCUT2D eigenvalue weighted by atomic mass is 32.2. The van der Waals surface area contributed by atoms with Crippen molar-refractivity contribution in [3.8, 4) is 0 Å². The van der Waals surface area contributed by atoms with E-state index in [1.165, 1.54) is 12.8 Å². The molecule has 1 N–H and O–H groups in total. The van der Waals surface area contributed by atoms with Crippen LogP contribution in [0.25, 0.3) is 0 Å². The molecule has 1 heterocycles. The smallest absolute Gasteiger partial charge is 0.255 e. The largest absolute Gasteiger partial charge is 0.440 e. The van der Waals surface area contributed by atoms with E-state index in [4.69, 9.17) is 4.42 Å². The summed E-state index contributed by atoms with van der Waals surface area (Å²) < 4.78 is 5.32. The minimum atomic E-state index is 0.632. The van der Waals surface area contributed by atoms with Crippen LogP contribution in [0.15, 0.2) is 15.9 Å². The lowest BCUT2D eigenvalue weighted by Crippen LogP contribution is -2.33. The fourth-order valence-electron chi connectivity index (χ4n) is 1.68. The average molecular weight is 226 g/mol. The van der Waals surface area contributed by atoms with E-state index in [0.717, 1.165) is 29.1 Å². The molecule has 1 aromatic rings. The molecule has 0 aliphatic heterocycles. The first-order valence-corrected chi connectivity index (χ1v) is 6.56. The van der Waals surface area contributed by atoms with Gasteiger partial charge in [-0.15, -0.1) is 0 Å². The maximum atomic E-state index is 5.32. The normalized spacial score (nSPS) is 18.0. The third kappa shape index (κ3) is 3.24. The number of rotatable bonds is 6. The fourth-order valence-corrected chi connectivity index (χ4v) is 2.72. The number of hydrogen-bond acceptors (Lipinski definition) is 4. The van der Waals surface area contributed by atoms with Crippen LogP contribution in [-0.4, -0.2) is 23.3 Å². The van der Waals surface area contributed by atoms with Gasteiger partial charge in [-0.1, -0.05) is 18.7 Å². The number of thioether (sulfide) groups is 1. The standard InChI is InChI=1S/C11H18N2OS/c1-3-12-10(9-4-5-9)7-15-11-13-8(2)6-14-11/h6,9-10,12H,3-5,7H2,1-2H3. The van der Waals surface area contributed by atoms with Gasteiger partial charge >= 0.3 is 0 Å². The quantitative estimate of drug-likeness (QED) is 0.756. The molecular formula is C11H18N2OS. The van der Waals surface area contributed by atoms with E-state index in [2.05, 4.69) is 17.2 Å². The first-order valence-electron chi connectivity index (χ1n) is 5.58. The lowest BCUT2D eigenvalue weighted by atomic mass is 10.2. The Balaban J connectivity index is 1.79. The second-order valence-corrected chi connectivity index (χ2v) is 5.04. The van der Waals surface area contributed by atoms with Gasteiger partial charge in [0.15, 0.2) is 0 Å². The molecule has 0 aromatic carbocycles. The number of aromatic nitrogens is 1. The number of nitrogens with zero attached hydrogens (tertiary/aromatic N) is 1. The van der Waals surface area contributed by atoms with Gasteiger partial charge < -0.3 is 9.73 Å². The molecular weight excluding hydrogens is 208 g/mol. The molecule has 1 fully saturated rings. The van der Waals surface area contributed by atoms with E-state index in [1.807, 2.05) is 6.92 Å². The molecule has 3 nitrogen and oxygen atoms in total. The summed E-state index contributed by atoms with van der Waals surface area (Å²) in [5, 5.41) is 4.33. The van der Waals surface area contributed by atoms with Gasteiger partial charge in [-0.05, 0) is 32.2 Å². The van der Waals surface area contributed by atoms with E-state index >= 15 is 0 Å². The molecule has 0 spiro atoms. The zero-order valence-corrected chi connectivity index (χ0v) is 10.1. The summed E-state index contributed by atoms with van der Waals surface area (Å²) >= 11 is 1.72. The molecule has 1 saturated carbocycles. The Morgan fingerprint density at radius 3 is 3.00 bits per heavy atom. The van der Waals surface area contributed by atoms with Crippen molar-refractivity contribution in [3.63, 3.8) is 0 Å². The summed E-state index contributed by atoms with van der Waals surface area (Å²) in [6.07, 6.45) is 4.47. The Morgan fingerprint density at radius 2 is 2.47 bits per heavy atom. The summed E-state index contributed by atoms with van der Waals surface area (Å²) in [4.78, 5) is 4.29. The van der Waals surface area contributed by atoms with Crippen molar-refractivity contribution in [2.24, 2.45) is 5.92 Å². The lowest BCUT2D eigenvalue weighted by molar-refractivity contribution is 0.451. The highest BCUT2D eigenvalue weighted by Crippen LogP contribution is 2.34. The van der Waals surface area contributed by atoms with Gasteiger partial charge in [0, 0.05) is 11.8 Å². The van der Waals surface area contributed by atoms with Crippen molar-refractivity contribution in [2.75, 3.05) is 12.3 Å².